The molecule has 4 saturated carbocycles. The molecule has 4 fully saturated rings. The van der Waals surface area contributed by atoms with Crippen LogP contribution in [-0.2, 0) is 48.4 Å². The predicted octanol–water partition coefficient (Wildman–Crippen LogP) is 14.7. The van der Waals surface area contributed by atoms with Gasteiger partial charge in [-0.2, -0.15) is 4.40 Å². The van der Waals surface area contributed by atoms with Crippen LogP contribution in [0.5, 0.6) is 0 Å². The van der Waals surface area contributed by atoms with E-state index in [1.807, 2.05) is 68.5 Å². The summed E-state index contributed by atoms with van der Waals surface area (Å²) in [6, 6.07) is 0. The Kier molecular flexibility index (Phi) is 36.7. The summed E-state index contributed by atoms with van der Waals surface area (Å²) in [5.41, 5.74) is 6.27. The lowest BCUT2D eigenvalue weighted by Crippen LogP contribution is -2.31. The Morgan fingerprint density at radius 3 is 1.13 bits per heavy atom. The standard InChI is InChI=1S/C17H32OSSi.C14H24OS.C11H21NOS.C7H12O.C5H10Si.C4H11NOS/c1-17(2,3)19(18)14-16(12-13-20(4,5)6)15-10-8-7-9-11-15;1-5-12(11-16(15)14(2,3)4)13-9-7-6-8-10-13;1-11(2,3)14(13)12-9-10-7-5-4-6-8-10;8-6-7-4-2-1-3-5-7;1-5-6(2,3)4;1-4(2,3)7(5)6/h15-16H,7-11,14H2,1-6H3;1,12-13H,6-11H2,2-4H3;9-10H,4-8H2,1-3H3;6-7H,1-5H2;1H,2-4H3;5H2,1-3H3/t16-,19+;12-,16+;14-;;;7-/m000..0/s1. The molecule has 4 aliphatic rings. The Labute approximate surface area is 452 Å². The average molecular weight is 1100 g/mol. The zero-order chi connectivity index (χ0) is 55.3. The van der Waals surface area contributed by atoms with Crippen LogP contribution in [-0.4, -0.2) is 76.0 Å². The largest absolute Gasteiger partial charge is 0.303 e. The fourth-order valence-electron chi connectivity index (χ4n) is 7.68. The highest BCUT2D eigenvalue weighted by atomic mass is 32.2. The molecular formula is C58H110N2O5S4Si2. The van der Waals surface area contributed by atoms with Crippen LogP contribution >= 0.6 is 0 Å². The first-order valence-corrected chi connectivity index (χ1v) is 39.3. The lowest BCUT2D eigenvalue weighted by atomic mass is 9.81. The normalized spacial score (nSPS) is 20.5. The Morgan fingerprint density at radius 1 is 0.535 bits per heavy atom. The molecule has 0 spiro atoms. The number of carbonyl (C=O) groups is 1. The maximum absolute atomic E-state index is 12.5. The van der Waals surface area contributed by atoms with Gasteiger partial charge in [-0.25, -0.2) is 8.42 Å². The van der Waals surface area contributed by atoms with Crippen molar-refractivity contribution in [3.05, 3.63) is 0 Å². The van der Waals surface area contributed by atoms with Crippen molar-refractivity contribution >= 4 is 72.2 Å². The minimum Gasteiger partial charge on any atom is -0.303 e. The van der Waals surface area contributed by atoms with Crippen molar-refractivity contribution in [2.75, 3.05) is 11.5 Å². The first-order valence-electron chi connectivity index (χ1n) is 27.3. The third kappa shape index (κ3) is 39.1. The highest BCUT2D eigenvalue weighted by Crippen LogP contribution is 2.33. The summed E-state index contributed by atoms with van der Waals surface area (Å²) in [7, 11) is -6.29. The number of rotatable bonds is 9. The second kappa shape index (κ2) is 36.1. The first-order chi connectivity index (χ1) is 32.5. The summed E-state index contributed by atoms with van der Waals surface area (Å²) >= 11 is 0. The van der Waals surface area contributed by atoms with Gasteiger partial charge in [-0.05, 0) is 152 Å². The minimum atomic E-state index is -1.34. The van der Waals surface area contributed by atoms with Crippen molar-refractivity contribution in [1.29, 1.82) is 0 Å². The Hall–Kier alpha value is -0.986. The zero-order valence-corrected chi connectivity index (χ0v) is 54.3. The second-order valence-electron chi connectivity index (χ2n) is 26.3. The molecule has 7 nitrogen and oxygen atoms in total. The number of nitrogens with two attached hydrogens (primary N) is 1. The number of nitrogens with zero attached hydrogens (tertiary/aromatic N) is 1. The third-order valence-corrected chi connectivity index (χ3v) is 21.1. The van der Waals surface area contributed by atoms with Crippen molar-refractivity contribution in [1.82, 2.24) is 0 Å². The fraction of sp³-hybridized carbons (Fsp3) is 0.862. The van der Waals surface area contributed by atoms with E-state index < -0.39 is 59.7 Å². The highest BCUT2D eigenvalue weighted by molar-refractivity contribution is 7.86. The smallest absolute Gasteiger partial charge is 0.144 e. The van der Waals surface area contributed by atoms with Gasteiger partial charge in [0.2, 0.25) is 0 Å². The molecule has 0 aliphatic heterocycles. The maximum atomic E-state index is 12.5. The molecule has 71 heavy (non-hydrogen) atoms. The Morgan fingerprint density at radius 2 is 0.859 bits per heavy atom. The lowest BCUT2D eigenvalue weighted by molar-refractivity contribution is -0.111. The number of hydrogen-bond acceptors (Lipinski definition) is 5. The zero-order valence-electron chi connectivity index (χ0n) is 49.0. The van der Waals surface area contributed by atoms with Gasteiger partial charge in [0.1, 0.15) is 33.4 Å². The summed E-state index contributed by atoms with van der Waals surface area (Å²) in [5.74, 6) is 10.7. The Bertz CT molecular complexity index is 1750. The molecular weight excluding hydrogens is 989 g/mol. The van der Waals surface area contributed by atoms with Crippen molar-refractivity contribution in [3.8, 4) is 35.8 Å². The molecule has 2 N–H and O–H groups in total. The van der Waals surface area contributed by atoms with Gasteiger partial charge in [0, 0.05) is 66.6 Å². The SMILES string of the molecule is C#C[C@@H](C[S@@](=O)C(C)(C)C)C1CCCCC1.C#C[Si](C)(C)C.CC(C)(C)[S@@](N)=O.CC(C)(C)[S@](=O)C[C@H](C#C[Si](C)(C)C)C1CCCCC1.CC(C)(C)[S@](=O)N=CC1CCCCC1.O=CC1CCCCC1. The van der Waals surface area contributed by atoms with Gasteiger partial charge in [0.25, 0.3) is 0 Å². The molecule has 0 amide bonds. The van der Waals surface area contributed by atoms with E-state index in [0.717, 1.165) is 24.9 Å². The third-order valence-electron chi connectivity index (χ3n) is 12.7. The van der Waals surface area contributed by atoms with Crippen LogP contribution in [0, 0.1) is 71.3 Å². The van der Waals surface area contributed by atoms with Crippen molar-refractivity contribution in [2.45, 2.75) is 270 Å². The van der Waals surface area contributed by atoms with Crippen LogP contribution in [0.2, 0.25) is 39.3 Å². The molecule has 0 bridgehead atoms. The summed E-state index contributed by atoms with van der Waals surface area (Å²) < 4.78 is 50.0. The molecule has 0 aromatic carbocycles. The number of hydrogen-bond donors (Lipinski definition) is 1. The van der Waals surface area contributed by atoms with Crippen molar-refractivity contribution < 1.29 is 21.6 Å². The second-order valence-corrected chi connectivity index (χ2v) is 44.1. The maximum Gasteiger partial charge on any atom is 0.144 e. The van der Waals surface area contributed by atoms with Crippen molar-refractivity contribution in [2.24, 2.45) is 45.0 Å². The minimum absolute atomic E-state index is 0.117. The lowest BCUT2D eigenvalue weighted by Gasteiger charge is -2.29. The van der Waals surface area contributed by atoms with Crippen molar-refractivity contribution in [3.63, 3.8) is 0 Å². The van der Waals surface area contributed by atoms with Gasteiger partial charge in [-0.15, -0.1) is 35.8 Å². The van der Waals surface area contributed by atoms with Crippen LogP contribution in [0.15, 0.2) is 4.40 Å². The summed E-state index contributed by atoms with van der Waals surface area (Å²) in [5, 5.41) is 5.04. The van der Waals surface area contributed by atoms with Crippen LogP contribution in [0.25, 0.3) is 0 Å². The summed E-state index contributed by atoms with van der Waals surface area (Å²) in [6.45, 7) is 37.0. The van der Waals surface area contributed by atoms with E-state index >= 15 is 0 Å². The number of aldehydes is 1. The number of carbonyl (C=O) groups excluding carboxylic acids is 1. The van der Waals surface area contributed by atoms with E-state index in [2.05, 4.69) is 87.4 Å². The van der Waals surface area contributed by atoms with E-state index in [9.17, 15) is 21.6 Å². The molecule has 4 rings (SSSR count). The van der Waals surface area contributed by atoms with E-state index in [0.29, 0.717) is 35.3 Å². The van der Waals surface area contributed by atoms with E-state index in [1.54, 1.807) is 0 Å². The molecule has 414 valence electrons. The number of terminal acetylenes is 2. The molecule has 0 saturated heterocycles. The molecule has 0 unspecified atom stereocenters. The molecule has 0 heterocycles. The molecule has 0 radical (unpaired) electrons. The van der Waals surface area contributed by atoms with Crippen LogP contribution in [0.3, 0.4) is 0 Å². The van der Waals surface area contributed by atoms with Gasteiger partial charge in [-0.3, -0.25) is 13.6 Å². The topological polar surface area (TPSA) is 124 Å². The molecule has 0 aromatic heterocycles. The van der Waals surface area contributed by atoms with Crippen LogP contribution in [0.1, 0.15) is 212 Å². The van der Waals surface area contributed by atoms with Gasteiger partial charge in [-0.1, -0.05) is 116 Å². The van der Waals surface area contributed by atoms with E-state index in [1.165, 1.54) is 116 Å². The van der Waals surface area contributed by atoms with E-state index in [4.69, 9.17) is 18.0 Å². The van der Waals surface area contributed by atoms with Gasteiger partial charge >= 0.3 is 0 Å². The summed E-state index contributed by atoms with van der Waals surface area (Å²) in [6.07, 6.45) is 39.3. The average Bonchev–Trinajstić information content (AvgIpc) is 3.29. The molecule has 0 aromatic rings. The van der Waals surface area contributed by atoms with Gasteiger partial charge < -0.3 is 4.79 Å². The van der Waals surface area contributed by atoms with Gasteiger partial charge in [0.05, 0.1) is 20.5 Å². The molecule has 6 atom stereocenters. The predicted molar refractivity (Wildman–Crippen MR) is 325 cm³/mol. The van der Waals surface area contributed by atoms with Crippen LogP contribution in [0.4, 0.5) is 0 Å². The summed E-state index contributed by atoms with van der Waals surface area (Å²) in [4.78, 5) is 10.2. The fourth-order valence-corrected chi connectivity index (χ4v) is 11.3. The van der Waals surface area contributed by atoms with Crippen LogP contribution < -0.4 is 5.14 Å². The molecule has 4 aliphatic carbocycles. The monoisotopic (exact) mass is 1100 g/mol. The Balaban J connectivity index is 0. The molecule has 13 heteroatoms. The highest BCUT2D eigenvalue weighted by Gasteiger charge is 2.30. The quantitative estimate of drug-likeness (QED) is 0.107. The van der Waals surface area contributed by atoms with Gasteiger partial charge in [0.15, 0.2) is 0 Å². The van der Waals surface area contributed by atoms with E-state index in [-0.39, 0.29) is 24.9 Å². The first kappa shape index (κ1) is 72.1.